The molecule has 0 aromatic carbocycles. The summed E-state index contributed by atoms with van der Waals surface area (Å²) in [4.78, 5) is 11.8. The summed E-state index contributed by atoms with van der Waals surface area (Å²) in [6, 6.07) is 0. The van der Waals surface area contributed by atoms with Crippen LogP contribution in [0.15, 0.2) is 0 Å². The minimum atomic E-state index is -3.10. The Morgan fingerprint density at radius 1 is 1.43 bits per heavy atom. The van der Waals surface area contributed by atoms with Gasteiger partial charge in [-0.3, -0.25) is 0 Å². The Morgan fingerprint density at radius 2 is 2.10 bits per heavy atom. The molecule has 0 atom stereocenters. The average molecular weight is 316 g/mol. The van der Waals surface area contributed by atoms with Gasteiger partial charge in [-0.25, -0.2) is 17.9 Å². The van der Waals surface area contributed by atoms with E-state index in [-0.39, 0.29) is 23.9 Å². The number of carbonyl (C=O) groups excluding carboxylic acids is 1. The van der Waals surface area contributed by atoms with Crippen LogP contribution in [0.4, 0.5) is 0 Å². The molecule has 1 aromatic heterocycles. The average Bonchev–Trinajstić information content (AvgIpc) is 2.88. The van der Waals surface area contributed by atoms with Gasteiger partial charge in [0, 0.05) is 12.2 Å². The summed E-state index contributed by atoms with van der Waals surface area (Å²) in [6.07, 6.45) is 2.89. The number of aryl methyl sites for hydroxylation is 1. The third kappa shape index (κ3) is 4.01. The van der Waals surface area contributed by atoms with Crippen LogP contribution in [0.5, 0.6) is 0 Å². The predicted octanol–water partition coefficient (Wildman–Crippen LogP) is -0.424. The number of carbonyl (C=O) groups is 1. The number of rotatable bonds is 5. The number of aromatic nitrogens is 3. The molecule has 0 unspecified atom stereocenters. The molecule has 1 N–H and O–H groups in total. The Labute approximate surface area is 123 Å². The van der Waals surface area contributed by atoms with Crippen LogP contribution in [-0.2, 0) is 21.1 Å². The lowest BCUT2D eigenvalue weighted by Crippen LogP contribution is -2.29. The Balaban J connectivity index is 2.31. The van der Waals surface area contributed by atoms with Crippen molar-refractivity contribution >= 4 is 15.8 Å². The van der Waals surface area contributed by atoms with Crippen molar-refractivity contribution in [3.8, 4) is 0 Å². The molecule has 0 bridgehead atoms. The molecule has 1 aliphatic heterocycles. The summed E-state index contributed by atoms with van der Waals surface area (Å²) in [6.45, 7) is 1.90. The molecule has 2 heterocycles. The summed E-state index contributed by atoms with van der Waals surface area (Å²) in [5.41, 5.74) is 0.880. The van der Waals surface area contributed by atoms with Crippen LogP contribution in [0, 0.1) is 0 Å². The van der Waals surface area contributed by atoms with Crippen molar-refractivity contribution in [2.75, 3.05) is 32.2 Å². The van der Waals surface area contributed by atoms with Crippen LogP contribution in [0.25, 0.3) is 0 Å². The van der Waals surface area contributed by atoms with Gasteiger partial charge in [-0.2, -0.15) is 0 Å². The Morgan fingerprint density at radius 3 is 2.67 bits per heavy atom. The molecule has 0 saturated carbocycles. The van der Waals surface area contributed by atoms with E-state index in [1.807, 2.05) is 0 Å². The first-order valence-electron chi connectivity index (χ1n) is 6.82. The SMILES string of the molecule is COC(=O)c1nnn(CCS(C)(=O)=O)c1C1CCNCC1. The maximum absolute atomic E-state index is 11.8. The number of hydrogen-bond donors (Lipinski definition) is 1. The van der Waals surface area contributed by atoms with Gasteiger partial charge in [0.2, 0.25) is 0 Å². The molecule has 1 saturated heterocycles. The Kier molecular flexibility index (Phi) is 4.94. The smallest absolute Gasteiger partial charge is 0.360 e. The Bertz CT molecular complexity index is 605. The summed E-state index contributed by atoms with van der Waals surface area (Å²) < 4.78 is 28.9. The second kappa shape index (κ2) is 6.52. The van der Waals surface area contributed by atoms with Crippen molar-refractivity contribution in [2.24, 2.45) is 0 Å². The monoisotopic (exact) mass is 316 g/mol. The van der Waals surface area contributed by atoms with Gasteiger partial charge in [0.1, 0.15) is 9.84 Å². The van der Waals surface area contributed by atoms with E-state index >= 15 is 0 Å². The van der Waals surface area contributed by atoms with Crippen LogP contribution < -0.4 is 5.32 Å². The molecule has 1 aliphatic rings. The van der Waals surface area contributed by atoms with Crippen LogP contribution in [0.2, 0.25) is 0 Å². The van der Waals surface area contributed by atoms with Crippen molar-refractivity contribution in [1.82, 2.24) is 20.3 Å². The van der Waals surface area contributed by atoms with Crippen LogP contribution >= 0.6 is 0 Å². The van der Waals surface area contributed by atoms with E-state index < -0.39 is 15.8 Å². The third-order valence-electron chi connectivity index (χ3n) is 3.55. The highest BCUT2D eigenvalue weighted by molar-refractivity contribution is 7.90. The molecule has 1 fully saturated rings. The van der Waals surface area contributed by atoms with Crippen molar-refractivity contribution in [1.29, 1.82) is 0 Å². The maximum Gasteiger partial charge on any atom is 0.360 e. The van der Waals surface area contributed by atoms with Gasteiger partial charge in [-0.1, -0.05) is 5.21 Å². The number of ether oxygens (including phenoxy) is 1. The first kappa shape index (κ1) is 15.9. The van der Waals surface area contributed by atoms with E-state index in [9.17, 15) is 13.2 Å². The zero-order valence-electron chi connectivity index (χ0n) is 12.2. The molecule has 0 amide bonds. The second-order valence-electron chi connectivity index (χ2n) is 5.19. The minimum absolute atomic E-state index is 0.0328. The van der Waals surface area contributed by atoms with Crippen LogP contribution in [-0.4, -0.2) is 61.6 Å². The van der Waals surface area contributed by atoms with Gasteiger partial charge in [0.05, 0.1) is 25.1 Å². The zero-order chi connectivity index (χ0) is 15.5. The molecule has 0 spiro atoms. The van der Waals surface area contributed by atoms with Gasteiger partial charge in [0.15, 0.2) is 5.69 Å². The van der Waals surface area contributed by atoms with Crippen LogP contribution in [0.1, 0.15) is 34.9 Å². The fourth-order valence-corrected chi connectivity index (χ4v) is 2.98. The van der Waals surface area contributed by atoms with Gasteiger partial charge in [-0.05, 0) is 25.9 Å². The number of nitrogens with one attached hydrogen (secondary N) is 1. The molecule has 118 valence electrons. The highest BCUT2D eigenvalue weighted by atomic mass is 32.2. The number of hydrogen-bond acceptors (Lipinski definition) is 7. The van der Waals surface area contributed by atoms with Crippen molar-refractivity contribution < 1.29 is 17.9 Å². The molecule has 2 rings (SSSR count). The molecule has 9 heteroatoms. The third-order valence-corrected chi connectivity index (χ3v) is 4.48. The lowest BCUT2D eigenvalue weighted by molar-refractivity contribution is 0.0591. The summed E-state index contributed by atoms with van der Waals surface area (Å²) in [5, 5.41) is 11.1. The largest absolute Gasteiger partial charge is 0.464 e. The van der Waals surface area contributed by atoms with E-state index in [0.29, 0.717) is 5.69 Å². The van der Waals surface area contributed by atoms with E-state index in [2.05, 4.69) is 15.6 Å². The fraction of sp³-hybridized carbons (Fsp3) is 0.750. The summed E-state index contributed by atoms with van der Waals surface area (Å²) in [7, 11) is -1.81. The first-order chi connectivity index (χ1) is 9.92. The van der Waals surface area contributed by atoms with Gasteiger partial charge < -0.3 is 10.1 Å². The number of methoxy groups -OCH3 is 1. The molecule has 0 radical (unpaired) electrons. The molecule has 0 aliphatic carbocycles. The van der Waals surface area contributed by atoms with Gasteiger partial charge >= 0.3 is 5.97 Å². The van der Waals surface area contributed by atoms with Crippen LogP contribution in [0.3, 0.4) is 0 Å². The van der Waals surface area contributed by atoms with E-state index in [4.69, 9.17) is 4.74 Å². The number of esters is 1. The Hall–Kier alpha value is -1.48. The van der Waals surface area contributed by atoms with E-state index in [0.717, 1.165) is 25.9 Å². The first-order valence-corrected chi connectivity index (χ1v) is 8.88. The summed E-state index contributed by atoms with van der Waals surface area (Å²) >= 11 is 0. The highest BCUT2D eigenvalue weighted by Gasteiger charge is 2.28. The van der Waals surface area contributed by atoms with Gasteiger partial charge in [0.25, 0.3) is 0 Å². The number of nitrogens with zero attached hydrogens (tertiary/aromatic N) is 3. The second-order valence-corrected chi connectivity index (χ2v) is 7.45. The highest BCUT2D eigenvalue weighted by Crippen LogP contribution is 2.27. The lowest BCUT2D eigenvalue weighted by Gasteiger charge is -2.23. The fourth-order valence-electron chi connectivity index (χ4n) is 2.48. The normalized spacial score (nSPS) is 16.9. The topological polar surface area (TPSA) is 103 Å². The van der Waals surface area contributed by atoms with Gasteiger partial charge in [-0.15, -0.1) is 5.10 Å². The molecule has 8 nitrogen and oxygen atoms in total. The van der Waals surface area contributed by atoms with E-state index in [1.54, 1.807) is 0 Å². The molecular formula is C12H20N4O4S. The number of sulfone groups is 1. The van der Waals surface area contributed by atoms with Crippen molar-refractivity contribution in [3.63, 3.8) is 0 Å². The number of piperidine rings is 1. The predicted molar refractivity (Wildman–Crippen MR) is 75.9 cm³/mol. The maximum atomic E-state index is 11.8. The molecule has 1 aromatic rings. The lowest BCUT2D eigenvalue weighted by atomic mass is 9.93. The van der Waals surface area contributed by atoms with Crippen molar-refractivity contribution in [2.45, 2.75) is 25.3 Å². The zero-order valence-corrected chi connectivity index (χ0v) is 13.0. The standard InChI is InChI=1S/C12H20N4O4S/c1-20-12(17)10-11(9-3-5-13-6-4-9)16(15-14-10)7-8-21(2,18)19/h9,13H,3-8H2,1-2H3. The molecule has 21 heavy (non-hydrogen) atoms. The quantitative estimate of drug-likeness (QED) is 0.736. The van der Waals surface area contributed by atoms with E-state index in [1.165, 1.54) is 18.0 Å². The molecular weight excluding hydrogens is 296 g/mol. The van der Waals surface area contributed by atoms with Crippen molar-refractivity contribution in [3.05, 3.63) is 11.4 Å². The summed E-state index contributed by atoms with van der Waals surface area (Å²) in [5.74, 6) is -0.432. The minimum Gasteiger partial charge on any atom is -0.464 e.